The number of rotatable bonds is 2. The SMILES string of the molecule is Cn1ncnc1CB(O)O. The van der Waals surface area contributed by atoms with Gasteiger partial charge in [0, 0.05) is 13.4 Å². The van der Waals surface area contributed by atoms with E-state index < -0.39 is 7.12 Å². The van der Waals surface area contributed by atoms with Crippen LogP contribution in [0.25, 0.3) is 0 Å². The Kier molecular flexibility index (Phi) is 2.03. The van der Waals surface area contributed by atoms with Crippen LogP contribution in [0, 0.1) is 0 Å². The lowest BCUT2D eigenvalue weighted by molar-refractivity contribution is 0.402. The van der Waals surface area contributed by atoms with Gasteiger partial charge in [0.2, 0.25) is 0 Å². The maximum absolute atomic E-state index is 8.52. The topological polar surface area (TPSA) is 71.2 Å². The van der Waals surface area contributed by atoms with Gasteiger partial charge in [-0.2, -0.15) is 5.10 Å². The Hall–Kier alpha value is -0.875. The fourth-order valence-corrected chi connectivity index (χ4v) is 0.668. The van der Waals surface area contributed by atoms with Crippen molar-refractivity contribution in [1.82, 2.24) is 14.8 Å². The Bertz CT molecular complexity index is 212. The van der Waals surface area contributed by atoms with E-state index in [0.717, 1.165) is 0 Å². The maximum atomic E-state index is 8.52. The predicted molar refractivity (Wildman–Crippen MR) is 34.9 cm³/mol. The summed E-state index contributed by atoms with van der Waals surface area (Å²) in [5.74, 6) is 0.565. The van der Waals surface area contributed by atoms with E-state index >= 15 is 0 Å². The zero-order valence-electron chi connectivity index (χ0n) is 5.60. The Morgan fingerprint density at radius 2 is 2.40 bits per heavy atom. The van der Waals surface area contributed by atoms with Gasteiger partial charge >= 0.3 is 7.12 Å². The lowest BCUT2D eigenvalue weighted by Gasteiger charge is -1.96. The van der Waals surface area contributed by atoms with Gasteiger partial charge in [0.1, 0.15) is 12.2 Å². The molecule has 0 unspecified atom stereocenters. The first-order chi connectivity index (χ1) is 4.70. The molecule has 0 aliphatic rings. The molecule has 0 amide bonds. The molecule has 0 bridgehead atoms. The smallest absolute Gasteiger partial charge is 0.427 e. The van der Waals surface area contributed by atoms with E-state index in [1.807, 2.05) is 0 Å². The van der Waals surface area contributed by atoms with Gasteiger partial charge in [-0.05, 0) is 0 Å². The van der Waals surface area contributed by atoms with Gasteiger partial charge in [-0.15, -0.1) is 0 Å². The summed E-state index contributed by atoms with van der Waals surface area (Å²) in [6.45, 7) is 0. The van der Waals surface area contributed by atoms with Crippen LogP contribution < -0.4 is 0 Å². The summed E-state index contributed by atoms with van der Waals surface area (Å²) in [6.07, 6.45) is 1.49. The van der Waals surface area contributed by atoms with Crippen molar-refractivity contribution in [3.05, 3.63) is 12.2 Å². The molecule has 1 aromatic heterocycles. The molecule has 5 nitrogen and oxygen atoms in total. The molecule has 0 aliphatic carbocycles. The molecule has 0 saturated carbocycles. The number of nitrogens with zero attached hydrogens (tertiary/aromatic N) is 3. The average Bonchev–Trinajstić information content (AvgIpc) is 2.15. The van der Waals surface area contributed by atoms with Crippen LogP contribution in [-0.2, 0) is 13.4 Å². The van der Waals surface area contributed by atoms with E-state index in [4.69, 9.17) is 10.0 Å². The maximum Gasteiger partial charge on any atom is 0.459 e. The second-order valence-electron chi connectivity index (χ2n) is 1.98. The molecule has 54 valence electrons. The summed E-state index contributed by atoms with van der Waals surface area (Å²) in [5.41, 5.74) is 0. The van der Waals surface area contributed by atoms with Gasteiger partial charge in [-0.1, -0.05) is 0 Å². The fraction of sp³-hybridized carbons (Fsp3) is 0.500. The highest BCUT2D eigenvalue weighted by Crippen LogP contribution is 1.91. The molecule has 0 fully saturated rings. The first-order valence-electron chi connectivity index (χ1n) is 2.89. The second-order valence-corrected chi connectivity index (χ2v) is 1.98. The van der Waals surface area contributed by atoms with Crippen molar-refractivity contribution < 1.29 is 10.0 Å². The third-order valence-corrected chi connectivity index (χ3v) is 1.17. The minimum Gasteiger partial charge on any atom is -0.427 e. The van der Waals surface area contributed by atoms with Crippen LogP contribution in [0.1, 0.15) is 5.82 Å². The van der Waals surface area contributed by atoms with Crippen molar-refractivity contribution in [2.75, 3.05) is 0 Å². The van der Waals surface area contributed by atoms with E-state index in [0.29, 0.717) is 5.82 Å². The molecule has 2 N–H and O–H groups in total. The first kappa shape index (κ1) is 7.23. The van der Waals surface area contributed by atoms with E-state index in [2.05, 4.69) is 10.1 Å². The van der Waals surface area contributed by atoms with Crippen molar-refractivity contribution in [2.24, 2.45) is 7.05 Å². The van der Waals surface area contributed by atoms with Crippen LogP contribution in [0.15, 0.2) is 6.33 Å². The number of aryl methyl sites for hydroxylation is 1. The molecule has 0 spiro atoms. The van der Waals surface area contributed by atoms with Gasteiger partial charge in [-0.3, -0.25) is 4.68 Å². The van der Waals surface area contributed by atoms with Gasteiger partial charge in [-0.25, -0.2) is 4.98 Å². The van der Waals surface area contributed by atoms with E-state index in [1.54, 1.807) is 7.05 Å². The Morgan fingerprint density at radius 3 is 2.80 bits per heavy atom. The predicted octanol–water partition coefficient (Wildman–Crippen LogP) is -1.63. The Morgan fingerprint density at radius 1 is 1.70 bits per heavy atom. The molecule has 0 radical (unpaired) electrons. The quantitative estimate of drug-likeness (QED) is 0.485. The fourth-order valence-electron chi connectivity index (χ4n) is 0.668. The highest BCUT2D eigenvalue weighted by Gasteiger charge is 2.11. The highest BCUT2D eigenvalue weighted by molar-refractivity contribution is 6.40. The second kappa shape index (κ2) is 2.81. The zero-order chi connectivity index (χ0) is 7.56. The standard InChI is InChI=1S/C4H8BN3O2/c1-8-4(2-5(9)10)6-3-7-8/h3,9-10H,2H2,1H3. The van der Waals surface area contributed by atoms with E-state index in [-0.39, 0.29) is 6.32 Å². The number of aromatic nitrogens is 3. The molecule has 10 heavy (non-hydrogen) atoms. The van der Waals surface area contributed by atoms with Gasteiger partial charge in [0.15, 0.2) is 0 Å². The molecule has 0 atom stereocenters. The van der Waals surface area contributed by atoms with E-state index in [1.165, 1.54) is 11.0 Å². The summed E-state index contributed by atoms with van der Waals surface area (Å²) in [5, 5.41) is 20.8. The third kappa shape index (κ3) is 1.55. The molecule has 0 aliphatic heterocycles. The van der Waals surface area contributed by atoms with Gasteiger partial charge < -0.3 is 10.0 Å². The molecule has 0 saturated heterocycles. The zero-order valence-corrected chi connectivity index (χ0v) is 5.60. The molecule has 1 rings (SSSR count). The van der Waals surface area contributed by atoms with Crippen molar-refractivity contribution >= 4 is 7.12 Å². The van der Waals surface area contributed by atoms with E-state index in [9.17, 15) is 0 Å². The summed E-state index contributed by atoms with van der Waals surface area (Å²) in [7, 11) is 0.355. The molecular weight excluding hydrogens is 133 g/mol. The van der Waals surface area contributed by atoms with Crippen LogP contribution in [-0.4, -0.2) is 31.9 Å². The van der Waals surface area contributed by atoms with Crippen molar-refractivity contribution in [1.29, 1.82) is 0 Å². The number of hydrogen-bond donors (Lipinski definition) is 2. The summed E-state index contributed by atoms with van der Waals surface area (Å²) in [6, 6.07) is 0. The van der Waals surface area contributed by atoms with Crippen LogP contribution in [0.4, 0.5) is 0 Å². The molecule has 0 aromatic carbocycles. The van der Waals surface area contributed by atoms with Crippen molar-refractivity contribution in [3.63, 3.8) is 0 Å². The largest absolute Gasteiger partial charge is 0.459 e. The van der Waals surface area contributed by atoms with Gasteiger partial charge in [0.05, 0.1) is 0 Å². The normalized spacial score (nSPS) is 9.90. The average molecular weight is 141 g/mol. The van der Waals surface area contributed by atoms with Crippen LogP contribution in [0.5, 0.6) is 0 Å². The summed E-state index contributed by atoms with van der Waals surface area (Å²) < 4.78 is 1.50. The minimum absolute atomic E-state index is 0.122. The van der Waals surface area contributed by atoms with Crippen molar-refractivity contribution in [3.8, 4) is 0 Å². The summed E-state index contributed by atoms with van der Waals surface area (Å²) in [4.78, 5) is 3.79. The van der Waals surface area contributed by atoms with Crippen LogP contribution in [0.2, 0.25) is 0 Å². The number of hydrogen-bond acceptors (Lipinski definition) is 4. The summed E-state index contributed by atoms with van der Waals surface area (Å²) >= 11 is 0. The van der Waals surface area contributed by atoms with Crippen LogP contribution >= 0.6 is 0 Å². The molecule has 6 heteroatoms. The van der Waals surface area contributed by atoms with Crippen LogP contribution in [0.3, 0.4) is 0 Å². The van der Waals surface area contributed by atoms with Crippen molar-refractivity contribution in [2.45, 2.75) is 6.32 Å². The lowest BCUT2D eigenvalue weighted by Crippen LogP contribution is -2.18. The highest BCUT2D eigenvalue weighted by atomic mass is 16.4. The molecular formula is C4H8BN3O2. The molecule has 1 heterocycles. The third-order valence-electron chi connectivity index (χ3n) is 1.17. The Balaban J connectivity index is 2.65. The van der Waals surface area contributed by atoms with Gasteiger partial charge in [0.25, 0.3) is 0 Å². The Labute approximate surface area is 58.5 Å². The lowest BCUT2D eigenvalue weighted by atomic mass is 9.86. The monoisotopic (exact) mass is 141 g/mol. The first-order valence-corrected chi connectivity index (χ1v) is 2.89. The minimum atomic E-state index is -1.34. The molecule has 1 aromatic rings.